The third kappa shape index (κ3) is 4.77. The van der Waals surface area contributed by atoms with Gasteiger partial charge in [-0.05, 0) is 44.5 Å². The van der Waals surface area contributed by atoms with Gasteiger partial charge in [-0.3, -0.25) is 4.55 Å². The lowest BCUT2D eigenvalue weighted by Gasteiger charge is -2.20. The number of nitrogens with zero attached hydrogens (tertiary/aromatic N) is 2. The van der Waals surface area contributed by atoms with Crippen molar-refractivity contribution in [3.63, 3.8) is 0 Å². The molecule has 0 saturated heterocycles. The molecule has 0 saturated carbocycles. The van der Waals surface area contributed by atoms with E-state index < -0.39 is 10.1 Å². The van der Waals surface area contributed by atoms with Gasteiger partial charge >= 0.3 is 0 Å². The number of thioether (sulfide) groups is 1. The monoisotopic (exact) mass is 471 g/mol. The molecule has 0 spiro atoms. The summed E-state index contributed by atoms with van der Waals surface area (Å²) in [5, 5.41) is 2.21. The Morgan fingerprint density at radius 2 is 1.97 bits per heavy atom. The number of methoxy groups -OCH3 is 1. The van der Waals surface area contributed by atoms with Crippen molar-refractivity contribution in [3.05, 3.63) is 64.8 Å². The van der Waals surface area contributed by atoms with Crippen LogP contribution in [0.4, 0.5) is 5.69 Å². The van der Waals surface area contributed by atoms with E-state index in [9.17, 15) is 8.42 Å². The highest BCUT2D eigenvalue weighted by molar-refractivity contribution is 8.03. The van der Waals surface area contributed by atoms with Crippen LogP contribution in [0.3, 0.4) is 0 Å². The van der Waals surface area contributed by atoms with Crippen molar-refractivity contribution in [1.82, 2.24) is 0 Å². The minimum absolute atomic E-state index is 0.273. The molecule has 32 heavy (non-hydrogen) atoms. The van der Waals surface area contributed by atoms with Crippen LogP contribution >= 0.6 is 11.8 Å². The minimum Gasteiger partial charge on any atom is -0.497 e. The molecular weight excluding hydrogens is 444 g/mol. The lowest BCUT2D eigenvalue weighted by atomic mass is 10.1. The molecule has 1 aliphatic heterocycles. The maximum absolute atomic E-state index is 11.2. The number of fused-ring (bicyclic) bond motifs is 2. The number of hydrogen-bond donors (Lipinski definition) is 1. The van der Waals surface area contributed by atoms with Crippen LogP contribution in [0.5, 0.6) is 5.75 Å². The molecule has 3 aromatic rings. The molecular formula is C24H27N2O4S2+. The average Bonchev–Trinajstić information content (AvgIpc) is 3.09. The number of hydrogen-bond acceptors (Lipinski definition) is 5. The Labute approximate surface area is 193 Å². The van der Waals surface area contributed by atoms with Crippen molar-refractivity contribution in [2.24, 2.45) is 0 Å². The van der Waals surface area contributed by atoms with Crippen molar-refractivity contribution >= 4 is 44.5 Å². The summed E-state index contributed by atoms with van der Waals surface area (Å²) in [6.07, 6.45) is 2.46. The normalized spacial score (nSPS) is 14.9. The first-order valence-electron chi connectivity index (χ1n) is 10.5. The predicted molar refractivity (Wildman–Crippen MR) is 130 cm³/mol. The number of anilines is 1. The maximum Gasteiger partial charge on any atom is 0.264 e. The summed E-state index contributed by atoms with van der Waals surface area (Å²) in [6.45, 7) is 5.52. The van der Waals surface area contributed by atoms with Gasteiger partial charge in [0.1, 0.15) is 12.3 Å². The van der Waals surface area contributed by atoms with Crippen LogP contribution in [0.15, 0.2) is 58.5 Å². The van der Waals surface area contributed by atoms with Crippen molar-refractivity contribution in [1.29, 1.82) is 0 Å². The number of aryl methyl sites for hydroxylation is 2. The lowest BCUT2D eigenvalue weighted by molar-refractivity contribution is -0.669. The molecule has 0 radical (unpaired) electrons. The van der Waals surface area contributed by atoms with Gasteiger partial charge in [0, 0.05) is 41.1 Å². The first kappa shape index (κ1) is 22.6. The molecule has 2 aromatic carbocycles. The van der Waals surface area contributed by atoms with E-state index >= 15 is 0 Å². The Bertz CT molecular complexity index is 1300. The predicted octanol–water partition coefficient (Wildman–Crippen LogP) is 4.65. The number of benzene rings is 2. The van der Waals surface area contributed by atoms with Crippen LogP contribution in [0.2, 0.25) is 0 Å². The SMILES string of the molecule is CC[n+]1c(/C=C2\Sc3ccc(OC)cc3N2CCCS(=O)(=O)O)ccc2cc(C)ccc21. The topological polar surface area (TPSA) is 70.7 Å². The highest BCUT2D eigenvalue weighted by Gasteiger charge is 2.27. The van der Waals surface area contributed by atoms with E-state index in [-0.39, 0.29) is 5.75 Å². The van der Waals surface area contributed by atoms with E-state index in [1.807, 2.05) is 18.2 Å². The molecule has 168 valence electrons. The average molecular weight is 472 g/mol. The van der Waals surface area contributed by atoms with Crippen LogP contribution in [0, 0.1) is 6.92 Å². The van der Waals surface area contributed by atoms with Crippen LogP contribution in [-0.2, 0) is 16.7 Å². The molecule has 4 rings (SSSR count). The quantitative estimate of drug-likeness (QED) is 0.399. The second-order valence-corrected chi connectivity index (χ2v) is 10.4. The molecule has 0 aliphatic carbocycles. The Kier molecular flexibility index (Phi) is 6.46. The zero-order valence-corrected chi connectivity index (χ0v) is 20.0. The number of rotatable bonds is 7. The highest BCUT2D eigenvalue weighted by atomic mass is 32.2. The van der Waals surface area contributed by atoms with E-state index in [0.717, 1.165) is 33.6 Å². The smallest absolute Gasteiger partial charge is 0.264 e. The maximum atomic E-state index is 11.2. The summed E-state index contributed by atoms with van der Waals surface area (Å²) in [6, 6.07) is 16.6. The third-order valence-corrected chi connectivity index (χ3v) is 7.45. The summed E-state index contributed by atoms with van der Waals surface area (Å²) >= 11 is 1.65. The van der Waals surface area contributed by atoms with Crippen molar-refractivity contribution in [2.45, 2.75) is 31.7 Å². The van der Waals surface area contributed by atoms with E-state index in [0.29, 0.717) is 13.0 Å². The van der Waals surface area contributed by atoms with E-state index in [2.05, 4.69) is 59.7 Å². The zero-order chi connectivity index (χ0) is 22.9. The van der Waals surface area contributed by atoms with Gasteiger partial charge < -0.3 is 9.64 Å². The molecule has 2 heterocycles. The second-order valence-electron chi connectivity index (χ2n) is 7.77. The summed E-state index contributed by atoms with van der Waals surface area (Å²) in [7, 11) is -2.37. The summed E-state index contributed by atoms with van der Waals surface area (Å²) in [5.74, 6) is 0.473. The van der Waals surface area contributed by atoms with E-state index in [1.54, 1.807) is 18.9 Å². The molecule has 1 aromatic heterocycles. The van der Waals surface area contributed by atoms with Gasteiger partial charge in [-0.2, -0.15) is 13.0 Å². The van der Waals surface area contributed by atoms with Gasteiger partial charge in [0.05, 0.1) is 23.6 Å². The number of pyridine rings is 1. The van der Waals surface area contributed by atoms with Crippen LogP contribution in [0.1, 0.15) is 24.6 Å². The molecule has 6 nitrogen and oxygen atoms in total. The fraction of sp³-hybridized carbons (Fsp3) is 0.292. The fourth-order valence-electron chi connectivity index (χ4n) is 4.01. The Hall–Kier alpha value is -2.55. The largest absolute Gasteiger partial charge is 0.497 e. The van der Waals surface area contributed by atoms with Crippen molar-refractivity contribution in [2.75, 3.05) is 24.3 Å². The van der Waals surface area contributed by atoms with Gasteiger partial charge in [0.25, 0.3) is 10.1 Å². The van der Waals surface area contributed by atoms with Gasteiger partial charge in [-0.1, -0.05) is 23.4 Å². The van der Waals surface area contributed by atoms with E-state index in [1.165, 1.54) is 16.5 Å². The number of aromatic nitrogens is 1. The molecule has 1 N–H and O–H groups in total. The van der Waals surface area contributed by atoms with Gasteiger partial charge in [-0.25, -0.2) is 0 Å². The van der Waals surface area contributed by atoms with Crippen molar-refractivity contribution in [3.8, 4) is 5.75 Å². The molecule has 0 atom stereocenters. The standard InChI is InChI=1S/C24H26N2O4S2/c1-4-25-19(8-7-18-14-17(2)6-10-21(18)25)15-24-26(12-5-13-32(27,28)29)22-16-20(30-3)9-11-23(22)31-24/h6-11,14-16H,4-5,12-13H2,1-3H3/p+1. The minimum atomic E-state index is -4.00. The summed E-state index contributed by atoms with van der Waals surface area (Å²) < 4.78 is 39.3. The zero-order valence-electron chi connectivity index (χ0n) is 18.4. The Balaban J connectivity index is 1.75. The van der Waals surface area contributed by atoms with Crippen LogP contribution < -0.4 is 14.2 Å². The van der Waals surface area contributed by atoms with Crippen LogP contribution in [-0.4, -0.2) is 32.4 Å². The Morgan fingerprint density at radius 1 is 1.16 bits per heavy atom. The van der Waals surface area contributed by atoms with Gasteiger partial charge in [-0.15, -0.1) is 0 Å². The molecule has 0 unspecified atom stereocenters. The fourth-order valence-corrected chi connectivity index (χ4v) is 5.62. The van der Waals surface area contributed by atoms with E-state index in [4.69, 9.17) is 9.29 Å². The molecule has 0 bridgehead atoms. The molecule has 1 aliphatic rings. The van der Waals surface area contributed by atoms with Crippen molar-refractivity contribution < 1.29 is 22.3 Å². The van der Waals surface area contributed by atoms with Crippen LogP contribution in [0.25, 0.3) is 17.0 Å². The summed E-state index contributed by atoms with van der Waals surface area (Å²) in [4.78, 5) is 3.19. The second kappa shape index (κ2) is 9.13. The first-order chi connectivity index (χ1) is 15.3. The molecule has 0 amide bonds. The first-order valence-corrected chi connectivity index (χ1v) is 12.9. The highest BCUT2D eigenvalue weighted by Crippen LogP contribution is 2.48. The lowest BCUT2D eigenvalue weighted by Crippen LogP contribution is -2.37. The third-order valence-electron chi connectivity index (χ3n) is 5.53. The Morgan fingerprint density at radius 3 is 2.69 bits per heavy atom. The van der Waals surface area contributed by atoms with Gasteiger partial charge in [0.15, 0.2) is 0 Å². The summed E-state index contributed by atoms with van der Waals surface area (Å²) in [5.41, 5.74) is 4.46. The van der Waals surface area contributed by atoms with Gasteiger partial charge in [0.2, 0.25) is 11.2 Å². The molecule has 0 fully saturated rings. The number of ether oxygens (including phenoxy) is 1. The molecule has 8 heteroatoms.